The fourth-order valence-corrected chi connectivity index (χ4v) is 9.64. The van der Waals surface area contributed by atoms with Crippen molar-refractivity contribution in [3.8, 4) is 17.2 Å². The molecule has 2 amide bonds. The molecule has 4 N–H and O–H groups in total. The fourth-order valence-electron chi connectivity index (χ4n) is 9.64. The smallest absolute Gasteiger partial charge is 0.314 e. The zero-order valence-electron chi connectivity index (χ0n) is 50.0. The van der Waals surface area contributed by atoms with Gasteiger partial charge in [-0.3, -0.25) is 14.4 Å². The van der Waals surface area contributed by atoms with Gasteiger partial charge in [-0.1, -0.05) is 213 Å². The summed E-state index contributed by atoms with van der Waals surface area (Å²) in [4.78, 5) is 40.8. The number of ether oxygens (including phenoxy) is 1. The van der Waals surface area contributed by atoms with Crippen LogP contribution in [-0.2, 0) is 66.1 Å². The molecule has 0 saturated heterocycles. The Balaban J connectivity index is 1.66. The molecule has 0 aliphatic rings. The van der Waals surface area contributed by atoms with Crippen LogP contribution < -0.4 is 15.4 Å². The summed E-state index contributed by atoms with van der Waals surface area (Å²) in [5.74, 6) is 1.45. The largest absolute Gasteiger partial charge is 0.507 e. The Hall–Kier alpha value is -4.33. The maximum absolute atomic E-state index is 14.8. The van der Waals surface area contributed by atoms with E-state index in [9.17, 15) is 24.6 Å². The molecule has 3 rings (SSSR count). The Morgan fingerprint density at radius 2 is 0.767 bits per heavy atom. The highest BCUT2D eigenvalue weighted by molar-refractivity contribution is 5.78. The highest BCUT2D eigenvalue weighted by Gasteiger charge is 2.33. The highest BCUT2D eigenvalue weighted by Crippen LogP contribution is 2.44. The maximum Gasteiger partial charge on any atom is 0.314 e. The second kappa shape index (κ2) is 25.9. The minimum Gasteiger partial charge on any atom is -0.507 e. The van der Waals surface area contributed by atoms with E-state index in [0.717, 1.165) is 101 Å². The number of carbonyl (C=O) groups excluding carboxylic acids is 3. The van der Waals surface area contributed by atoms with Crippen LogP contribution in [0.1, 0.15) is 259 Å². The average Bonchev–Trinajstić information content (AvgIpc) is 3.23. The predicted octanol–water partition coefficient (Wildman–Crippen LogP) is 15.6. The van der Waals surface area contributed by atoms with Crippen LogP contribution in [0.2, 0.25) is 0 Å². The van der Waals surface area contributed by atoms with Gasteiger partial charge in [0.2, 0.25) is 11.8 Å². The monoisotopic (exact) mass is 1010 g/mol. The molecular weight excluding hydrogens is 905 g/mol. The number of nitrogens with one attached hydrogen (secondary N) is 2. The molecule has 3 aromatic rings. The highest BCUT2D eigenvalue weighted by atomic mass is 16.5. The van der Waals surface area contributed by atoms with Gasteiger partial charge < -0.3 is 25.6 Å². The van der Waals surface area contributed by atoms with Gasteiger partial charge in [-0.05, 0) is 116 Å². The van der Waals surface area contributed by atoms with Crippen molar-refractivity contribution in [2.45, 2.75) is 261 Å². The molecule has 0 saturated carbocycles. The Kier molecular flexibility index (Phi) is 22.4. The van der Waals surface area contributed by atoms with Crippen molar-refractivity contribution in [1.29, 1.82) is 0 Å². The molecule has 1 unspecified atom stereocenters. The first-order valence-corrected chi connectivity index (χ1v) is 28.1. The molecule has 0 aliphatic carbocycles. The number of unbranched alkanes of at least 4 members (excludes halogenated alkanes) is 5. The maximum atomic E-state index is 14.8. The van der Waals surface area contributed by atoms with Crippen LogP contribution in [0.15, 0.2) is 36.4 Å². The van der Waals surface area contributed by atoms with Crippen LogP contribution in [0, 0.1) is 11.8 Å². The van der Waals surface area contributed by atoms with Gasteiger partial charge in [0.25, 0.3) is 0 Å². The molecule has 1 atom stereocenters. The number of phenols is 2. The minimum atomic E-state index is -0.368. The summed E-state index contributed by atoms with van der Waals surface area (Å²) >= 11 is 0. The van der Waals surface area contributed by atoms with Gasteiger partial charge >= 0.3 is 5.97 Å². The fraction of sp³-hybridized carbons (Fsp3) is 0.677. The number of phenolic OH excluding ortho intramolecular Hbond substituents is 2. The average molecular weight is 1010 g/mol. The number of aromatic hydroxyl groups is 2. The third kappa shape index (κ3) is 20.0. The van der Waals surface area contributed by atoms with E-state index in [1.807, 2.05) is 0 Å². The van der Waals surface area contributed by atoms with Crippen LogP contribution in [0.5, 0.6) is 17.2 Å². The summed E-state index contributed by atoms with van der Waals surface area (Å²) in [5.41, 5.74) is 7.04. The van der Waals surface area contributed by atoms with Gasteiger partial charge in [-0.2, -0.15) is 0 Å². The summed E-state index contributed by atoms with van der Waals surface area (Å²) in [6.45, 7) is 44.1. The topological polar surface area (TPSA) is 125 Å². The van der Waals surface area contributed by atoms with Crippen LogP contribution in [0.4, 0.5) is 0 Å². The number of aryl methyl sites for hydroxylation is 2. The zero-order chi connectivity index (χ0) is 55.5. The second-order valence-electron chi connectivity index (χ2n) is 28.1. The van der Waals surface area contributed by atoms with E-state index in [0.29, 0.717) is 68.4 Å². The first kappa shape index (κ1) is 63.0. The SMILES string of the molecule is CC(C)CCCCCC(Cc1cc(C(C)(C)C)c(O)c(C(C)(C)C)c1)C(=O)Oc1c(C(C)(C)C)cc(CCC(=O)NCCCCCCNC(=O)CCc2cc(C(C)(C)C)c(O)c(C(C)(C)C)c2)cc1C(C)(C)C. The van der Waals surface area contributed by atoms with E-state index in [-0.39, 0.29) is 56.2 Å². The van der Waals surface area contributed by atoms with E-state index < -0.39 is 0 Å². The lowest BCUT2D eigenvalue weighted by Gasteiger charge is -2.31. The van der Waals surface area contributed by atoms with Crippen molar-refractivity contribution in [3.63, 3.8) is 0 Å². The molecule has 410 valence electrons. The Bertz CT molecular complexity index is 2190. The Morgan fingerprint density at radius 3 is 1.11 bits per heavy atom. The molecule has 8 nitrogen and oxygen atoms in total. The first-order chi connectivity index (χ1) is 33.4. The van der Waals surface area contributed by atoms with Crippen molar-refractivity contribution < 1.29 is 29.3 Å². The van der Waals surface area contributed by atoms with Crippen molar-refractivity contribution in [1.82, 2.24) is 10.6 Å². The normalized spacial score (nSPS) is 13.3. The molecule has 0 fully saturated rings. The van der Waals surface area contributed by atoms with Crippen LogP contribution >= 0.6 is 0 Å². The quantitative estimate of drug-likeness (QED) is 0.0426. The molecule has 0 spiro atoms. The first-order valence-electron chi connectivity index (χ1n) is 28.1. The number of carbonyl (C=O) groups is 3. The molecule has 0 heterocycles. The van der Waals surface area contributed by atoms with Crippen molar-refractivity contribution in [3.05, 3.63) is 86.5 Å². The van der Waals surface area contributed by atoms with E-state index in [1.165, 1.54) is 6.42 Å². The van der Waals surface area contributed by atoms with Gasteiger partial charge in [-0.15, -0.1) is 0 Å². The minimum absolute atomic E-state index is 0.0185. The molecule has 0 aliphatic heterocycles. The van der Waals surface area contributed by atoms with Gasteiger partial charge in [0, 0.05) is 37.1 Å². The number of amides is 2. The van der Waals surface area contributed by atoms with E-state index in [2.05, 4.69) is 186 Å². The number of hydrogen-bond donors (Lipinski definition) is 4. The summed E-state index contributed by atoms with van der Waals surface area (Å²) in [7, 11) is 0. The van der Waals surface area contributed by atoms with Gasteiger partial charge in [-0.25, -0.2) is 0 Å². The molecule has 3 aromatic carbocycles. The number of rotatable bonds is 23. The standard InChI is InChI=1S/C65H104N2O6/c1-43(2)28-24-23-25-29-47(36-46-41-50(62(9,10)11)57(71)51(42-46)63(12,13)14)59(72)73-58-52(64(15,16)17)39-45(40-53(58)65(18,19)20)31-33-55(69)67-35-27-22-21-26-34-66-54(68)32-30-44-37-48(60(3,4)5)56(70)49(38-44)61(6,7)8/h37-43,47,70-71H,21-36H2,1-20H3,(H,66,68)(H,67,69). The van der Waals surface area contributed by atoms with E-state index in [1.54, 1.807) is 0 Å². The van der Waals surface area contributed by atoms with Crippen molar-refractivity contribution in [2.75, 3.05) is 13.1 Å². The molecule has 0 aromatic heterocycles. The summed E-state index contributed by atoms with van der Waals surface area (Å²) in [5, 5.41) is 28.8. The van der Waals surface area contributed by atoms with E-state index in [4.69, 9.17) is 4.74 Å². The summed E-state index contributed by atoms with van der Waals surface area (Å²) in [6.07, 6.45) is 11.2. The van der Waals surface area contributed by atoms with Gasteiger partial charge in [0.1, 0.15) is 17.2 Å². The van der Waals surface area contributed by atoms with Crippen molar-refractivity contribution in [2.24, 2.45) is 11.8 Å². The lowest BCUT2D eigenvalue weighted by Crippen LogP contribution is -2.28. The second-order valence-corrected chi connectivity index (χ2v) is 28.1. The molecule has 0 radical (unpaired) electrons. The Labute approximate surface area is 445 Å². The van der Waals surface area contributed by atoms with Crippen LogP contribution in [0.25, 0.3) is 0 Å². The molecule has 0 bridgehead atoms. The van der Waals surface area contributed by atoms with Gasteiger partial charge in [0.15, 0.2) is 0 Å². The predicted molar refractivity (Wildman–Crippen MR) is 307 cm³/mol. The van der Waals surface area contributed by atoms with E-state index >= 15 is 0 Å². The lowest BCUT2D eigenvalue weighted by atomic mass is 9.77. The molecule has 8 heteroatoms. The molecular formula is C65H104N2O6. The van der Waals surface area contributed by atoms with Gasteiger partial charge in [0.05, 0.1) is 5.92 Å². The third-order valence-electron chi connectivity index (χ3n) is 14.2. The molecule has 73 heavy (non-hydrogen) atoms. The number of esters is 1. The third-order valence-corrected chi connectivity index (χ3v) is 14.2. The number of hydrogen-bond acceptors (Lipinski definition) is 6. The Morgan fingerprint density at radius 1 is 0.452 bits per heavy atom. The zero-order valence-corrected chi connectivity index (χ0v) is 50.0. The summed E-state index contributed by atoms with van der Waals surface area (Å²) < 4.78 is 6.73. The van der Waals surface area contributed by atoms with Crippen molar-refractivity contribution >= 4 is 17.8 Å². The lowest BCUT2D eigenvalue weighted by molar-refractivity contribution is -0.139. The van der Waals surface area contributed by atoms with Crippen LogP contribution in [0.3, 0.4) is 0 Å². The number of benzene rings is 3. The summed E-state index contributed by atoms with van der Waals surface area (Å²) in [6, 6.07) is 12.6. The van der Waals surface area contributed by atoms with Crippen LogP contribution in [-0.4, -0.2) is 41.1 Å².